The van der Waals surface area contributed by atoms with E-state index < -0.39 is 0 Å². The van der Waals surface area contributed by atoms with Crippen LogP contribution < -0.4 is 10.1 Å². The predicted molar refractivity (Wildman–Crippen MR) is 86.8 cm³/mol. The van der Waals surface area contributed by atoms with Crippen LogP contribution in [0.1, 0.15) is 24.8 Å². The fourth-order valence-corrected chi connectivity index (χ4v) is 4.31. The van der Waals surface area contributed by atoms with Gasteiger partial charge in [0, 0.05) is 11.9 Å². The Morgan fingerprint density at radius 1 is 1.29 bits per heavy atom. The van der Waals surface area contributed by atoms with Gasteiger partial charge in [-0.15, -0.1) is 0 Å². The lowest BCUT2D eigenvalue weighted by atomic mass is 9.95. The third-order valence-corrected chi connectivity index (χ3v) is 5.63. The summed E-state index contributed by atoms with van der Waals surface area (Å²) in [6.07, 6.45) is 4.59. The first-order chi connectivity index (χ1) is 10.3. The zero-order valence-corrected chi connectivity index (χ0v) is 13.8. The number of para-hydroxylation sites is 1. The fraction of sp³-hybridized carbons (Fsp3) is 0.588. The Balaban J connectivity index is 1.52. The molecule has 2 aliphatic rings. The number of ether oxygens (including phenoxy) is 1. The van der Waals surface area contributed by atoms with E-state index in [0.29, 0.717) is 18.4 Å². The van der Waals surface area contributed by atoms with Gasteiger partial charge in [0.25, 0.3) is 0 Å². The average molecular weight is 352 g/mol. The molecule has 21 heavy (non-hydrogen) atoms. The summed E-state index contributed by atoms with van der Waals surface area (Å²) in [5, 5.41) is 4.20. The van der Waals surface area contributed by atoms with Crippen molar-refractivity contribution in [2.45, 2.75) is 25.7 Å². The van der Waals surface area contributed by atoms with Crippen molar-refractivity contribution in [1.82, 2.24) is 5.32 Å². The van der Waals surface area contributed by atoms with Gasteiger partial charge in [0.1, 0.15) is 12.4 Å². The first kappa shape index (κ1) is 14.9. The second-order valence-corrected chi connectivity index (χ2v) is 6.82. The number of carbonyl (C=O) groups is 1. The van der Waals surface area contributed by atoms with Crippen molar-refractivity contribution in [1.29, 1.82) is 0 Å². The smallest absolute Gasteiger partial charge is 0.226 e. The molecule has 1 fully saturated rings. The highest BCUT2D eigenvalue weighted by molar-refractivity contribution is 9.09. The lowest BCUT2D eigenvalue weighted by molar-refractivity contribution is -0.126. The second-order valence-electron chi connectivity index (χ2n) is 6.17. The van der Waals surface area contributed by atoms with Gasteiger partial charge in [-0.05, 0) is 42.7 Å². The van der Waals surface area contributed by atoms with Crippen molar-refractivity contribution < 1.29 is 9.53 Å². The molecule has 4 heteroatoms. The quantitative estimate of drug-likeness (QED) is 0.846. The Labute approximate surface area is 134 Å². The van der Waals surface area contributed by atoms with Crippen LogP contribution in [0, 0.1) is 17.8 Å². The van der Waals surface area contributed by atoms with Gasteiger partial charge in [-0.3, -0.25) is 4.79 Å². The molecule has 114 valence electrons. The van der Waals surface area contributed by atoms with Crippen molar-refractivity contribution in [2.75, 3.05) is 18.5 Å². The number of carbonyl (C=O) groups excluding carboxylic acids is 1. The van der Waals surface area contributed by atoms with Gasteiger partial charge in [-0.25, -0.2) is 0 Å². The highest BCUT2D eigenvalue weighted by atomic mass is 79.9. The van der Waals surface area contributed by atoms with Crippen molar-refractivity contribution >= 4 is 21.8 Å². The van der Waals surface area contributed by atoms with Gasteiger partial charge in [-0.2, -0.15) is 0 Å². The van der Waals surface area contributed by atoms with Crippen LogP contribution in [0.2, 0.25) is 0 Å². The zero-order chi connectivity index (χ0) is 14.7. The van der Waals surface area contributed by atoms with Crippen molar-refractivity contribution in [3.63, 3.8) is 0 Å². The van der Waals surface area contributed by atoms with E-state index in [4.69, 9.17) is 4.74 Å². The van der Waals surface area contributed by atoms with Crippen LogP contribution >= 0.6 is 15.9 Å². The Kier molecular flexibility index (Phi) is 4.84. The molecule has 0 radical (unpaired) electrons. The summed E-state index contributed by atoms with van der Waals surface area (Å²) in [5.41, 5.74) is 1.14. The van der Waals surface area contributed by atoms with E-state index in [0.717, 1.165) is 29.6 Å². The highest BCUT2D eigenvalue weighted by Crippen LogP contribution is 2.32. The number of rotatable bonds is 4. The van der Waals surface area contributed by atoms with Gasteiger partial charge in [0.15, 0.2) is 0 Å². The lowest BCUT2D eigenvalue weighted by Crippen LogP contribution is -2.40. The van der Waals surface area contributed by atoms with Gasteiger partial charge in [-0.1, -0.05) is 40.5 Å². The topological polar surface area (TPSA) is 38.3 Å². The standard InChI is InChI=1S/C17H22BrNO2/c18-9-13-5-3-6-14(13)10-19-17(20)15-8-12-4-1-2-7-16(12)21-11-15/h1-2,4,7,13-15H,3,5-6,8-11H2,(H,19,20). The van der Waals surface area contributed by atoms with Crippen LogP contribution in [-0.4, -0.2) is 24.4 Å². The van der Waals surface area contributed by atoms with Crippen LogP contribution in [0.25, 0.3) is 0 Å². The Morgan fingerprint density at radius 3 is 2.95 bits per heavy atom. The van der Waals surface area contributed by atoms with Crippen molar-refractivity contribution in [3.05, 3.63) is 29.8 Å². The molecule has 3 atom stereocenters. The third kappa shape index (κ3) is 3.42. The Hall–Kier alpha value is -1.03. The Morgan fingerprint density at radius 2 is 2.10 bits per heavy atom. The predicted octanol–water partition coefficient (Wildman–Crippen LogP) is 3.17. The molecule has 1 N–H and O–H groups in total. The molecule has 3 nitrogen and oxygen atoms in total. The minimum atomic E-state index is -0.0521. The molecule has 1 aromatic rings. The molecule has 1 aliphatic heterocycles. The van der Waals surface area contributed by atoms with Crippen LogP contribution in [0.3, 0.4) is 0 Å². The molecule has 0 spiro atoms. The fourth-order valence-electron chi connectivity index (χ4n) is 3.46. The van der Waals surface area contributed by atoms with Crippen LogP contribution in [0.4, 0.5) is 0 Å². The summed E-state index contributed by atoms with van der Waals surface area (Å²) in [4.78, 5) is 12.4. The number of hydrogen-bond acceptors (Lipinski definition) is 2. The Bertz CT molecular complexity index is 505. The second kappa shape index (κ2) is 6.82. The van der Waals surface area contributed by atoms with Crippen LogP contribution in [0.15, 0.2) is 24.3 Å². The summed E-state index contributed by atoms with van der Waals surface area (Å²) in [6, 6.07) is 8.00. The number of benzene rings is 1. The lowest BCUT2D eigenvalue weighted by Gasteiger charge is -2.25. The number of halogens is 1. The monoisotopic (exact) mass is 351 g/mol. The number of alkyl halides is 1. The summed E-state index contributed by atoms with van der Waals surface area (Å²) in [7, 11) is 0. The van der Waals surface area contributed by atoms with E-state index in [1.165, 1.54) is 19.3 Å². The van der Waals surface area contributed by atoms with E-state index >= 15 is 0 Å². The zero-order valence-electron chi connectivity index (χ0n) is 12.2. The maximum Gasteiger partial charge on any atom is 0.226 e. The van der Waals surface area contributed by atoms with E-state index in [1.807, 2.05) is 24.3 Å². The molecule has 0 bridgehead atoms. The molecule has 3 rings (SSSR count). The first-order valence-electron chi connectivity index (χ1n) is 7.82. The molecule has 0 saturated heterocycles. The largest absolute Gasteiger partial charge is 0.492 e. The molecular weight excluding hydrogens is 330 g/mol. The number of nitrogens with one attached hydrogen (secondary N) is 1. The maximum atomic E-state index is 12.4. The van der Waals surface area contributed by atoms with E-state index in [1.54, 1.807) is 0 Å². The van der Waals surface area contributed by atoms with Gasteiger partial charge in [0.05, 0.1) is 5.92 Å². The first-order valence-corrected chi connectivity index (χ1v) is 8.94. The van der Waals surface area contributed by atoms with E-state index in [2.05, 4.69) is 21.2 Å². The summed E-state index contributed by atoms with van der Waals surface area (Å²) in [5.74, 6) is 2.36. The number of fused-ring (bicyclic) bond motifs is 1. The van der Waals surface area contributed by atoms with Gasteiger partial charge >= 0.3 is 0 Å². The summed E-state index contributed by atoms with van der Waals surface area (Å²) in [6.45, 7) is 1.31. The highest BCUT2D eigenvalue weighted by Gasteiger charge is 2.29. The SMILES string of the molecule is O=C(NCC1CCCC1CBr)C1COc2ccccc2C1. The number of amides is 1. The molecule has 0 aromatic heterocycles. The van der Waals surface area contributed by atoms with Crippen molar-refractivity contribution in [3.8, 4) is 5.75 Å². The van der Waals surface area contributed by atoms with E-state index in [-0.39, 0.29) is 11.8 Å². The molecule has 1 saturated carbocycles. The average Bonchev–Trinajstić information content (AvgIpc) is 2.99. The third-order valence-electron chi connectivity index (χ3n) is 4.80. The van der Waals surface area contributed by atoms with Crippen LogP contribution in [0.5, 0.6) is 5.75 Å². The minimum absolute atomic E-state index is 0.0521. The molecule has 1 amide bonds. The minimum Gasteiger partial charge on any atom is -0.492 e. The summed E-state index contributed by atoms with van der Waals surface area (Å²) < 4.78 is 5.70. The molecule has 3 unspecified atom stereocenters. The maximum absolute atomic E-state index is 12.4. The van der Waals surface area contributed by atoms with Crippen molar-refractivity contribution in [2.24, 2.45) is 17.8 Å². The van der Waals surface area contributed by atoms with Gasteiger partial charge in [0.2, 0.25) is 5.91 Å². The molecule has 1 heterocycles. The molecule has 1 aliphatic carbocycles. The summed E-state index contributed by atoms with van der Waals surface area (Å²) >= 11 is 3.59. The normalized spacial score (nSPS) is 27.8. The molecule has 1 aromatic carbocycles. The number of hydrogen-bond donors (Lipinski definition) is 1. The van der Waals surface area contributed by atoms with Gasteiger partial charge < -0.3 is 10.1 Å². The van der Waals surface area contributed by atoms with Crippen LogP contribution in [-0.2, 0) is 11.2 Å². The molecular formula is C17H22BrNO2. The van der Waals surface area contributed by atoms with E-state index in [9.17, 15) is 4.79 Å².